The van der Waals surface area contributed by atoms with Crippen LogP contribution < -0.4 is 5.73 Å². The van der Waals surface area contributed by atoms with Gasteiger partial charge in [0.15, 0.2) is 17.5 Å². The fourth-order valence-electron chi connectivity index (χ4n) is 3.67. The first-order valence-electron chi connectivity index (χ1n) is 12.7. The van der Waals surface area contributed by atoms with Crippen molar-refractivity contribution in [2.75, 3.05) is 5.73 Å². The number of carbonyl (C=O) groups excluding carboxylic acids is 1. The van der Waals surface area contributed by atoms with Gasteiger partial charge in [0, 0.05) is 18.0 Å². The van der Waals surface area contributed by atoms with Crippen LogP contribution in [0.25, 0.3) is 22.8 Å². The largest absolute Gasteiger partial charge is 0.380 e. The van der Waals surface area contributed by atoms with Crippen molar-refractivity contribution in [1.82, 2.24) is 30.4 Å². The molecule has 2 aromatic carbocycles. The third kappa shape index (κ3) is 7.99. The van der Waals surface area contributed by atoms with Gasteiger partial charge in [-0.3, -0.25) is 25.0 Å². The van der Waals surface area contributed by atoms with Crippen LogP contribution in [0.5, 0.6) is 0 Å². The first-order valence-corrected chi connectivity index (χ1v) is 12.7. The maximum absolute atomic E-state index is 14.3. The molecule has 4 N–H and O–H groups in total. The highest BCUT2D eigenvalue weighted by molar-refractivity contribution is 5.74. The van der Waals surface area contributed by atoms with Crippen LogP contribution >= 0.6 is 0 Å². The lowest BCUT2D eigenvalue weighted by Crippen LogP contribution is -1.94. The Morgan fingerprint density at radius 2 is 1.29 bits per heavy atom. The number of nitrogens with zero attached hydrogens (tertiary/aromatic N) is 4. The number of H-pyrrole nitrogens is 2. The molecule has 0 radical (unpaired) electrons. The number of hydrogen-bond donors (Lipinski definition) is 3. The fraction of sp³-hybridized carbons (Fsp3) is 0.0645. The van der Waals surface area contributed by atoms with Gasteiger partial charge in [-0.1, -0.05) is 72.8 Å². The Bertz CT molecular complexity index is 1630. The fourth-order valence-corrected chi connectivity index (χ4v) is 3.67. The Hall–Kier alpha value is -5.51. The Balaban J connectivity index is 0.000000158. The zero-order valence-corrected chi connectivity index (χ0v) is 21.9. The number of nitrogens with two attached hydrogens (primary N) is 1. The van der Waals surface area contributed by atoms with Crippen LogP contribution in [0.2, 0.25) is 0 Å². The van der Waals surface area contributed by atoms with Crippen molar-refractivity contribution < 1.29 is 13.6 Å². The van der Waals surface area contributed by atoms with E-state index in [0.29, 0.717) is 23.5 Å². The molecule has 0 aliphatic carbocycles. The lowest BCUT2D eigenvalue weighted by atomic mass is 10.1. The summed E-state index contributed by atoms with van der Waals surface area (Å²) in [6.07, 6.45) is 5.41. The Morgan fingerprint density at radius 1 is 0.683 bits per heavy atom. The number of halogens is 2. The molecule has 0 atom stereocenters. The number of carbonyl (C=O) groups is 1. The maximum Gasteiger partial charge on any atom is 0.194 e. The van der Waals surface area contributed by atoms with Crippen molar-refractivity contribution in [3.63, 3.8) is 0 Å². The molecule has 4 aromatic heterocycles. The molecular weight excluding hydrogens is 524 g/mol. The highest BCUT2D eigenvalue weighted by Crippen LogP contribution is 2.21. The standard InChI is InChI=1S/C16H14FN3.C8H7FN4.C7H6O/c17-15-13(10-9-12-6-2-1-3-7-12)19-20-16(15)14-8-4-5-11-18-14;9-6-7(12-13-8(6)10)5-3-1-2-4-11-5;8-6-7-4-2-1-3-5-7/h1-8,11H,9-10H2,(H,19,20);1-4H,(H3,10,12,13);1-6H. The summed E-state index contributed by atoms with van der Waals surface area (Å²) in [4.78, 5) is 18.1. The Labute approximate surface area is 235 Å². The summed E-state index contributed by atoms with van der Waals surface area (Å²) in [7, 11) is 0. The van der Waals surface area contributed by atoms with Gasteiger partial charge < -0.3 is 5.73 Å². The number of hydrogen-bond acceptors (Lipinski definition) is 6. The number of anilines is 1. The topological polar surface area (TPSA) is 126 Å². The van der Waals surface area contributed by atoms with Crippen LogP contribution in [0.1, 0.15) is 21.6 Å². The number of benzene rings is 2. The number of aryl methyl sites for hydroxylation is 2. The van der Waals surface area contributed by atoms with E-state index >= 15 is 0 Å². The quantitative estimate of drug-likeness (QED) is 0.215. The molecular formula is C31H27F2N7O. The van der Waals surface area contributed by atoms with E-state index in [1.54, 1.807) is 54.9 Å². The predicted octanol–water partition coefficient (Wildman–Crippen LogP) is 6.09. The minimum atomic E-state index is -0.557. The summed E-state index contributed by atoms with van der Waals surface area (Å²) in [6, 6.07) is 29.7. The minimum Gasteiger partial charge on any atom is -0.380 e. The summed E-state index contributed by atoms with van der Waals surface area (Å²) in [5.41, 5.74) is 9.21. The van der Waals surface area contributed by atoms with Crippen LogP contribution in [-0.4, -0.2) is 36.6 Å². The molecule has 8 nitrogen and oxygen atoms in total. The number of rotatable bonds is 6. The molecule has 4 heterocycles. The molecule has 0 aliphatic rings. The third-order valence-corrected chi connectivity index (χ3v) is 5.78. The first-order chi connectivity index (χ1) is 20.1. The van der Waals surface area contributed by atoms with Gasteiger partial charge in [-0.15, -0.1) is 0 Å². The van der Waals surface area contributed by atoms with Crippen molar-refractivity contribution in [1.29, 1.82) is 0 Å². The molecule has 10 heteroatoms. The van der Waals surface area contributed by atoms with Gasteiger partial charge in [0.25, 0.3) is 0 Å². The van der Waals surface area contributed by atoms with E-state index in [0.717, 1.165) is 18.3 Å². The van der Waals surface area contributed by atoms with Gasteiger partial charge in [0.1, 0.15) is 17.7 Å². The minimum absolute atomic E-state index is 0.138. The number of aromatic amines is 2. The number of aldehydes is 1. The SMILES string of the molecule is Fc1c(-c2ccccn2)n[nH]c1CCc1ccccc1.Nc1n[nH]c(-c2ccccn2)c1F.O=Cc1ccccc1. The normalized spacial score (nSPS) is 10.1. The van der Waals surface area contributed by atoms with Crippen LogP contribution in [0.4, 0.5) is 14.6 Å². The van der Waals surface area contributed by atoms with Gasteiger partial charge in [-0.05, 0) is 42.7 Å². The van der Waals surface area contributed by atoms with Crippen LogP contribution in [0, 0.1) is 11.6 Å². The van der Waals surface area contributed by atoms with E-state index in [-0.39, 0.29) is 23.0 Å². The smallest absolute Gasteiger partial charge is 0.194 e. The molecule has 6 rings (SSSR count). The highest BCUT2D eigenvalue weighted by Gasteiger charge is 2.15. The average Bonchev–Trinajstić information content (AvgIpc) is 3.58. The molecule has 0 amide bonds. The average molecular weight is 552 g/mol. The van der Waals surface area contributed by atoms with Crippen LogP contribution in [0.15, 0.2) is 109 Å². The molecule has 0 aliphatic heterocycles. The Kier molecular flexibility index (Phi) is 10.1. The number of nitrogen functional groups attached to an aromatic ring is 1. The van der Waals surface area contributed by atoms with E-state index < -0.39 is 5.82 Å². The maximum atomic E-state index is 14.3. The van der Waals surface area contributed by atoms with E-state index in [1.165, 1.54) is 5.56 Å². The van der Waals surface area contributed by atoms with Gasteiger partial charge in [0.05, 0.1) is 17.1 Å². The van der Waals surface area contributed by atoms with Gasteiger partial charge in [0.2, 0.25) is 0 Å². The molecule has 0 fully saturated rings. The van der Waals surface area contributed by atoms with Crippen molar-refractivity contribution in [2.24, 2.45) is 0 Å². The van der Waals surface area contributed by atoms with E-state index in [2.05, 4.69) is 30.4 Å². The zero-order valence-electron chi connectivity index (χ0n) is 21.9. The molecule has 0 spiro atoms. The lowest BCUT2D eigenvalue weighted by molar-refractivity contribution is 0.112. The zero-order chi connectivity index (χ0) is 28.9. The second-order valence-corrected chi connectivity index (χ2v) is 8.61. The Morgan fingerprint density at radius 3 is 1.83 bits per heavy atom. The molecule has 0 saturated heterocycles. The van der Waals surface area contributed by atoms with E-state index in [1.807, 2.05) is 54.6 Å². The van der Waals surface area contributed by atoms with E-state index in [9.17, 15) is 13.6 Å². The second kappa shape index (κ2) is 14.6. The molecule has 0 unspecified atom stereocenters. The van der Waals surface area contributed by atoms with Crippen molar-refractivity contribution in [3.8, 4) is 22.8 Å². The molecule has 41 heavy (non-hydrogen) atoms. The number of pyridine rings is 2. The second-order valence-electron chi connectivity index (χ2n) is 8.61. The summed E-state index contributed by atoms with van der Waals surface area (Å²) >= 11 is 0. The lowest BCUT2D eigenvalue weighted by Gasteiger charge is -1.99. The number of aromatic nitrogens is 6. The summed E-state index contributed by atoms with van der Waals surface area (Å²) in [6.45, 7) is 0. The summed E-state index contributed by atoms with van der Waals surface area (Å²) < 4.78 is 27.5. The van der Waals surface area contributed by atoms with Gasteiger partial charge in [-0.25, -0.2) is 8.78 Å². The first kappa shape index (κ1) is 28.5. The van der Waals surface area contributed by atoms with Crippen LogP contribution in [-0.2, 0) is 12.8 Å². The van der Waals surface area contributed by atoms with Crippen molar-refractivity contribution >= 4 is 12.1 Å². The highest BCUT2D eigenvalue weighted by atomic mass is 19.1. The summed E-state index contributed by atoms with van der Waals surface area (Å²) in [5.74, 6) is -1.00. The van der Waals surface area contributed by atoms with Crippen molar-refractivity contribution in [3.05, 3.63) is 138 Å². The van der Waals surface area contributed by atoms with E-state index in [4.69, 9.17) is 5.73 Å². The van der Waals surface area contributed by atoms with Gasteiger partial charge in [-0.2, -0.15) is 10.2 Å². The molecule has 6 aromatic rings. The molecule has 206 valence electrons. The molecule has 0 bridgehead atoms. The third-order valence-electron chi connectivity index (χ3n) is 5.78. The number of nitrogens with one attached hydrogen (secondary N) is 2. The van der Waals surface area contributed by atoms with Gasteiger partial charge >= 0.3 is 0 Å². The monoisotopic (exact) mass is 551 g/mol. The van der Waals surface area contributed by atoms with Crippen molar-refractivity contribution in [2.45, 2.75) is 12.8 Å². The molecule has 0 saturated carbocycles. The van der Waals surface area contributed by atoms with Crippen LogP contribution in [0.3, 0.4) is 0 Å². The predicted molar refractivity (Wildman–Crippen MR) is 154 cm³/mol. The summed E-state index contributed by atoms with van der Waals surface area (Å²) in [5, 5.41) is 12.8.